The Balaban J connectivity index is 0.000000431. The molecule has 8 heteroatoms. The summed E-state index contributed by atoms with van der Waals surface area (Å²) in [5.74, 6) is 1.68. The van der Waals surface area contributed by atoms with E-state index in [1.807, 2.05) is 49.5 Å². The first-order chi connectivity index (χ1) is 13.8. The van der Waals surface area contributed by atoms with Gasteiger partial charge in [0, 0.05) is 11.1 Å². The second-order valence-electron chi connectivity index (χ2n) is 6.07. The van der Waals surface area contributed by atoms with E-state index in [9.17, 15) is 0 Å². The van der Waals surface area contributed by atoms with Gasteiger partial charge in [-0.3, -0.25) is 0 Å². The number of nitrogens with one attached hydrogen (secondary N) is 1. The number of hydrogen-bond acceptors (Lipinski definition) is 6. The van der Waals surface area contributed by atoms with E-state index in [-0.39, 0.29) is 0 Å². The van der Waals surface area contributed by atoms with Crippen molar-refractivity contribution in [2.24, 2.45) is 5.10 Å². The average molecular weight is 413 g/mol. The standard InChI is InChI=1S/C21H16N2O.ClHO4/c1-15-19(14-22-23-15)18-12-20(16-8-4-2-5-9-16)24-21(13-18)17-10-6-3-7-11-17;2-1(3,4)5/h2-14H,1H3;(H,2,3,4,5). The molecular weight excluding hydrogens is 396 g/mol. The molecule has 0 aromatic heterocycles. The van der Waals surface area contributed by atoms with Gasteiger partial charge < -0.3 is 4.74 Å². The van der Waals surface area contributed by atoms with Crippen molar-refractivity contribution in [1.82, 2.24) is 0 Å². The van der Waals surface area contributed by atoms with Gasteiger partial charge in [0.1, 0.15) is 17.2 Å². The van der Waals surface area contributed by atoms with E-state index in [4.69, 9.17) is 23.4 Å². The zero-order valence-corrected chi connectivity index (χ0v) is 16.1. The van der Waals surface area contributed by atoms with Crippen molar-refractivity contribution in [2.75, 3.05) is 0 Å². The van der Waals surface area contributed by atoms with E-state index in [2.05, 4.69) is 46.6 Å². The van der Waals surface area contributed by atoms with Crippen LogP contribution in [0.1, 0.15) is 18.1 Å². The van der Waals surface area contributed by atoms with Gasteiger partial charge in [0.25, 0.3) is 0 Å². The molecule has 0 radical (unpaired) electrons. The van der Waals surface area contributed by atoms with Crippen molar-refractivity contribution in [3.63, 3.8) is 0 Å². The number of hydrazone groups is 1. The third kappa shape index (κ3) is 5.95. The van der Waals surface area contributed by atoms with Gasteiger partial charge in [-0.2, -0.15) is 0 Å². The van der Waals surface area contributed by atoms with Gasteiger partial charge in [-0.25, -0.2) is 18.6 Å². The molecule has 7 nitrogen and oxygen atoms in total. The Morgan fingerprint density at radius 3 is 1.62 bits per heavy atom. The number of allylic oxidation sites excluding steroid dienone is 4. The van der Waals surface area contributed by atoms with E-state index in [0.29, 0.717) is 0 Å². The highest BCUT2D eigenvalue weighted by atomic mass is 35.7. The van der Waals surface area contributed by atoms with Crippen molar-refractivity contribution >= 4 is 23.4 Å². The maximum Gasteiger partial charge on any atom is 0.203 e. The summed E-state index contributed by atoms with van der Waals surface area (Å²) in [5.41, 5.74) is 5.25. The third-order valence-corrected chi connectivity index (χ3v) is 4.05. The minimum absolute atomic E-state index is 0.840. The first kappa shape index (κ1) is 20.7. The minimum atomic E-state index is -4.94. The van der Waals surface area contributed by atoms with Gasteiger partial charge in [-0.1, -0.05) is 60.7 Å². The van der Waals surface area contributed by atoms with E-state index >= 15 is 0 Å². The van der Waals surface area contributed by atoms with Crippen LogP contribution in [0.3, 0.4) is 0 Å². The van der Waals surface area contributed by atoms with Crippen molar-refractivity contribution in [3.8, 4) is 0 Å². The third-order valence-electron chi connectivity index (χ3n) is 4.05. The lowest BCUT2D eigenvalue weighted by molar-refractivity contribution is -2.00. The Morgan fingerprint density at radius 1 is 0.793 bits per heavy atom. The summed E-state index contributed by atoms with van der Waals surface area (Å²) in [6, 6.07) is 20.3. The van der Waals surface area contributed by atoms with Gasteiger partial charge in [0.15, 0.2) is 0 Å². The Labute approximate surface area is 169 Å². The van der Waals surface area contributed by atoms with Crippen LogP contribution >= 0.6 is 0 Å². The Morgan fingerprint density at radius 2 is 1.24 bits per heavy atom. The fraction of sp³-hybridized carbons (Fsp3) is 0.0476. The van der Waals surface area contributed by atoms with Crippen molar-refractivity contribution in [3.05, 3.63) is 95.1 Å². The first-order valence-corrected chi connectivity index (χ1v) is 9.76. The average Bonchev–Trinajstić information content (AvgIpc) is 3.14. The number of halogens is 1. The molecule has 2 aliphatic heterocycles. The molecule has 2 heterocycles. The first-order valence-electron chi connectivity index (χ1n) is 8.53. The summed E-state index contributed by atoms with van der Waals surface area (Å²) in [5, 5.41) is 7.18. The van der Waals surface area contributed by atoms with Crippen molar-refractivity contribution in [1.29, 1.82) is 0 Å². The van der Waals surface area contributed by atoms with E-state index in [0.717, 1.165) is 39.5 Å². The molecule has 1 N–H and O–H groups in total. The van der Waals surface area contributed by atoms with E-state index < -0.39 is 10.2 Å². The normalized spacial score (nSPS) is 15.7. The maximum absolute atomic E-state index is 8.49. The quantitative estimate of drug-likeness (QED) is 0.621. The zero-order valence-electron chi connectivity index (χ0n) is 15.4. The van der Waals surface area contributed by atoms with Crippen LogP contribution in [-0.4, -0.2) is 11.9 Å². The van der Waals surface area contributed by atoms with E-state index in [1.54, 1.807) is 0 Å². The molecule has 0 unspecified atom stereocenters. The fourth-order valence-electron chi connectivity index (χ4n) is 2.80. The molecule has 0 atom stereocenters. The molecule has 2 aromatic carbocycles. The molecular formula is C21H17ClN2O5. The lowest BCUT2D eigenvalue weighted by atomic mass is 9.99. The molecule has 0 saturated heterocycles. The fourth-order valence-corrected chi connectivity index (χ4v) is 2.80. The van der Waals surface area contributed by atoms with Gasteiger partial charge in [0.2, 0.25) is 6.21 Å². The zero-order chi connectivity index (χ0) is 20.9. The van der Waals surface area contributed by atoms with Crippen LogP contribution in [0.2, 0.25) is 0 Å². The monoisotopic (exact) mass is 412 g/mol. The number of nitrogens with zero attached hydrogens (tertiary/aromatic N) is 1. The molecule has 2 aromatic rings. The van der Waals surface area contributed by atoms with Crippen molar-refractivity contribution < 1.29 is 38.7 Å². The van der Waals surface area contributed by atoms with Gasteiger partial charge in [-0.15, -0.1) is 15.3 Å². The summed E-state index contributed by atoms with van der Waals surface area (Å²) >= 11 is 0. The Hall–Kier alpha value is -3.07. The van der Waals surface area contributed by atoms with Gasteiger partial charge >= 0.3 is 0 Å². The summed E-state index contributed by atoms with van der Waals surface area (Å²) in [6.07, 6.45) is 6.06. The highest BCUT2D eigenvalue weighted by molar-refractivity contribution is 6.16. The Kier molecular flexibility index (Phi) is 6.38. The molecule has 0 spiro atoms. The summed E-state index contributed by atoms with van der Waals surface area (Å²) in [7, 11) is -4.94. The van der Waals surface area contributed by atoms with Gasteiger partial charge in [0.05, 0.1) is 5.57 Å². The summed E-state index contributed by atoms with van der Waals surface area (Å²) in [4.78, 5) is 0. The van der Waals surface area contributed by atoms with Crippen molar-refractivity contribution in [2.45, 2.75) is 6.92 Å². The lowest BCUT2D eigenvalue weighted by Gasteiger charge is -2.19. The SMILES string of the molecule is CC1=N[NH+]=CC1=C1C=C(c2ccccc2)OC(c2ccccc2)=C1.[O-][Cl+3]([O-])([O-])[O-]. The molecule has 0 aliphatic carbocycles. The highest BCUT2D eigenvalue weighted by Gasteiger charge is 2.21. The number of rotatable bonds is 2. The predicted octanol–water partition coefficient (Wildman–Crippen LogP) is -1.82. The van der Waals surface area contributed by atoms with Crippen LogP contribution in [0.15, 0.2) is 89.1 Å². The number of benzene rings is 2. The molecule has 29 heavy (non-hydrogen) atoms. The molecule has 4 rings (SSSR count). The van der Waals surface area contributed by atoms with Gasteiger partial charge in [-0.05, 0) is 29.8 Å². The maximum atomic E-state index is 8.49. The summed E-state index contributed by atoms with van der Waals surface area (Å²) in [6.45, 7) is 2.00. The molecule has 0 saturated carbocycles. The molecule has 148 valence electrons. The van der Waals surface area contributed by atoms with Crippen LogP contribution in [0.25, 0.3) is 11.5 Å². The number of hydrogen-bond donors (Lipinski definition) is 1. The summed E-state index contributed by atoms with van der Waals surface area (Å²) < 4.78 is 40.2. The predicted molar refractivity (Wildman–Crippen MR) is 97.1 cm³/mol. The van der Waals surface area contributed by atoms with E-state index in [1.165, 1.54) is 0 Å². The second kappa shape index (κ2) is 8.95. The topological polar surface area (TPSA) is 128 Å². The highest BCUT2D eigenvalue weighted by Crippen LogP contribution is 2.33. The Bertz CT molecular complexity index is 957. The van der Waals surface area contributed by atoms with Crippen LogP contribution in [-0.2, 0) is 4.74 Å². The second-order valence-corrected chi connectivity index (χ2v) is 6.82. The molecule has 0 fully saturated rings. The van der Waals surface area contributed by atoms with Crippen LogP contribution in [0, 0.1) is 10.2 Å². The largest absolute Gasteiger partial charge is 0.456 e. The van der Waals surface area contributed by atoms with Crippen LogP contribution < -0.4 is 23.7 Å². The van der Waals surface area contributed by atoms with Crippen LogP contribution in [0.4, 0.5) is 0 Å². The molecule has 2 aliphatic rings. The molecule has 0 amide bonds. The van der Waals surface area contributed by atoms with Crippen LogP contribution in [0.5, 0.6) is 0 Å². The minimum Gasteiger partial charge on any atom is -0.456 e. The number of ether oxygens (including phenoxy) is 1. The lowest BCUT2D eigenvalue weighted by Crippen LogP contribution is -2.68. The smallest absolute Gasteiger partial charge is 0.203 e. The molecule has 0 bridgehead atoms.